The van der Waals surface area contributed by atoms with Crippen molar-refractivity contribution in [2.75, 3.05) is 12.5 Å². The lowest BCUT2D eigenvalue weighted by molar-refractivity contribution is 0.407. The highest BCUT2D eigenvalue weighted by Gasteiger charge is 2.10. The van der Waals surface area contributed by atoms with Gasteiger partial charge in [-0.2, -0.15) is 0 Å². The Bertz CT molecular complexity index is 90.6. The first-order valence-electron chi connectivity index (χ1n) is 1.35. The minimum Gasteiger partial charge on any atom is -0.308 e. The minimum atomic E-state index is -4.10. The molecule has 0 aliphatic carbocycles. The zero-order chi connectivity index (χ0) is 5.45. The van der Waals surface area contributed by atoms with E-state index in [9.17, 15) is 4.21 Å². The molecule has 2 N–H and O–H groups in total. The molecular weight excluding hydrogens is 115 g/mol. The molecule has 0 saturated heterocycles. The number of hydrogen-bond donors (Lipinski definition) is 2. The Morgan fingerprint density at radius 2 is 1.29 bits per heavy atom. The summed E-state index contributed by atoms with van der Waals surface area (Å²) >= 11 is 0. The average Bonchev–Trinajstić information content (AvgIpc) is 0.650. The molecule has 3 nitrogen and oxygen atoms in total. The summed E-state index contributed by atoms with van der Waals surface area (Å²) in [6, 6.07) is 0. The molecule has 0 atom stereocenters. The summed E-state index contributed by atoms with van der Waals surface area (Å²) in [4.78, 5) is 0. The molecule has 0 bridgehead atoms. The monoisotopic (exact) mass is 123 g/mol. The van der Waals surface area contributed by atoms with Crippen LogP contribution in [0.15, 0.2) is 0 Å². The van der Waals surface area contributed by atoms with Crippen molar-refractivity contribution in [1.29, 1.82) is 0 Å². The van der Waals surface area contributed by atoms with E-state index < -0.39 is 9.63 Å². The van der Waals surface area contributed by atoms with Gasteiger partial charge in [0.25, 0.3) is 0 Å². The lowest BCUT2D eigenvalue weighted by Crippen LogP contribution is -2.25. The van der Waals surface area contributed by atoms with E-state index >= 15 is 0 Å². The van der Waals surface area contributed by atoms with Crippen molar-refractivity contribution in [3.8, 4) is 0 Å². The quantitative estimate of drug-likeness (QED) is 0.432. The lowest BCUT2D eigenvalue weighted by atomic mass is 10.8. The molecule has 0 fully saturated rings. The van der Waals surface area contributed by atoms with Crippen LogP contribution in [0, 0.1) is 0 Å². The summed E-state index contributed by atoms with van der Waals surface area (Å²) in [6.45, 7) is 0. The third-order valence-corrected chi connectivity index (χ3v) is 0. The van der Waals surface area contributed by atoms with Crippen LogP contribution in [0.4, 0.5) is 0 Å². The number of hydrogen-bond acceptors (Lipinski definition) is 1. The SMILES string of the molecule is CS(C)(=O)(O)O.[B]. The van der Waals surface area contributed by atoms with Crippen molar-refractivity contribution in [2.45, 2.75) is 0 Å². The molecule has 0 aliphatic heterocycles. The first-order valence-corrected chi connectivity index (χ1v) is 4.04. The van der Waals surface area contributed by atoms with Crippen LogP contribution in [-0.4, -0.2) is 34.2 Å². The Hall–Kier alpha value is 0.135. The van der Waals surface area contributed by atoms with E-state index in [0.29, 0.717) is 0 Å². The summed E-state index contributed by atoms with van der Waals surface area (Å²) in [5.41, 5.74) is 0. The molecule has 0 saturated carbocycles. The average molecular weight is 123 g/mol. The van der Waals surface area contributed by atoms with Gasteiger partial charge in [-0.3, -0.25) is 0 Å². The molecule has 0 aromatic rings. The van der Waals surface area contributed by atoms with E-state index in [1.807, 2.05) is 0 Å². The van der Waals surface area contributed by atoms with E-state index in [4.69, 9.17) is 9.11 Å². The van der Waals surface area contributed by atoms with E-state index in [2.05, 4.69) is 0 Å². The zero-order valence-corrected chi connectivity index (χ0v) is 5.10. The van der Waals surface area contributed by atoms with Crippen molar-refractivity contribution in [3.63, 3.8) is 0 Å². The Kier molecular flexibility index (Phi) is 2.29. The first-order chi connectivity index (χ1) is 2.24. The summed E-state index contributed by atoms with van der Waals surface area (Å²) in [6.07, 6.45) is 1.74. The molecule has 0 heterocycles. The molecule has 0 spiro atoms. The third-order valence-electron chi connectivity index (χ3n) is 0. The van der Waals surface area contributed by atoms with Gasteiger partial charge in [-0.05, 0) is 0 Å². The Morgan fingerprint density at radius 3 is 1.29 bits per heavy atom. The minimum absolute atomic E-state index is 0. The number of rotatable bonds is 0. The van der Waals surface area contributed by atoms with E-state index in [-0.39, 0.29) is 8.41 Å². The maximum absolute atomic E-state index is 9.90. The second-order valence-electron chi connectivity index (χ2n) is 1.70. The van der Waals surface area contributed by atoms with E-state index in [1.54, 1.807) is 0 Å². The summed E-state index contributed by atoms with van der Waals surface area (Å²) in [5.74, 6) is 0. The van der Waals surface area contributed by atoms with Crippen molar-refractivity contribution < 1.29 is 13.3 Å². The summed E-state index contributed by atoms with van der Waals surface area (Å²) in [5, 5.41) is 0. The third kappa shape index (κ3) is 5760. The molecule has 0 amide bonds. The van der Waals surface area contributed by atoms with Crippen molar-refractivity contribution in [2.24, 2.45) is 0 Å². The van der Waals surface area contributed by atoms with Gasteiger partial charge in [-0.25, -0.2) is 4.21 Å². The van der Waals surface area contributed by atoms with Gasteiger partial charge in [0, 0.05) is 20.9 Å². The van der Waals surface area contributed by atoms with Gasteiger partial charge in [0.2, 0.25) is 0 Å². The van der Waals surface area contributed by atoms with E-state index in [1.165, 1.54) is 0 Å². The van der Waals surface area contributed by atoms with Crippen LogP contribution < -0.4 is 0 Å². The highest BCUT2D eigenvalue weighted by Crippen LogP contribution is 2.00. The predicted molar refractivity (Wildman–Crippen MR) is 31.0 cm³/mol. The highest BCUT2D eigenvalue weighted by atomic mass is 32.3. The largest absolute Gasteiger partial charge is 0.308 e. The molecule has 3 radical (unpaired) electrons. The Labute approximate surface area is 44.7 Å². The van der Waals surface area contributed by atoms with Crippen LogP contribution in [0.2, 0.25) is 0 Å². The molecule has 5 heteroatoms. The highest BCUT2D eigenvalue weighted by molar-refractivity contribution is 8.08. The molecule has 7 heavy (non-hydrogen) atoms. The normalized spacial score (nSPS) is 16.3. The zero-order valence-electron chi connectivity index (χ0n) is 4.29. The van der Waals surface area contributed by atoms with Crippen LogP contribution >= 0.6 is 0 Å². The van der Waals surface area contributed by atoms with Gasteiger partial charge in [-0.15, -0.1) is 0 Å². The van der Waals surface area contributed by atoms with Crippen LogP contribution in [0.3, 0.4) is 0 Å². The molecule has 0 aliphatic rings. The van der Waals surface area contributed by atoms with Gasteiger partial charge in [-0.1, -0.05) is 0 Å². The second kappa shape index (κ2) is 1.57. The predicted octanol–water partition coefficient (Wildman–Crippen LogP) is -0.369. The topological polar surface area (TPSA) is 57.5 Å². The van der Waals surface area contributed by atoms with Gasteiger partial charge in [0.1, 0.15) is 0 Å². The van der Waals surface area contributed by atoms with E-state index in [0.717, 1.165) is 12.5 Å². The maximum atomic E-state index is 9.90. The van der Waals surface area contributed by atoms with Gasteiger partial charge < -0.3 is 9.11 Å². The van der Waals surface area contributed by atoms with Crippen molar-refractivity contribution in [3.05, 3.63) is 0 Å². The fourth-order valence-electron chi connectivity index (χ4n) is 0. The maximum Gasteiger partial charge on any atom is 0.0770 e. The molecule has 0 aromatic heterocycles. The van der Waals surface area contributed by atoms with Gasteiger partial charge in [0.15, 0.2) is 0 Å². The lowest BCUT2D eigenvalue weighted by Gasteiger charge is -2.16. The fourth-order valence-corrected chi connectivity index (χ4v) is 0. The Balaban J connectivity index is 0. The molecule has 0 aromatic carbocycles. The Morgan fingerprint density at radius 1 is 1.29 bits per heavy atom. The first kappa shape index (κ1) is 10.2. The molecule has 0 unspecified atom stereocenters. The second-order valence-corrected chi connectivity index (χ2v) is 5.11. The van der Waals surface area contributed by atoms with Crippen LogP contribution in [-0.2, 0) is 9.63 Å². The van der Waals surface area contributed by atoms with Crippen molar-refractivity contribution in [1.82, 2.24) is 0 Å². The molecule has 43 valence electrons. The molecule has 0 rings (SSSR count). The van der Waals surface area contributed by atoms with Crippen LogP contribution in [0.25, 0.3) is 0 Å². The summed E-state index contributed by atoms with van der Waals surface area (Å²) in [7, 11) is -4.10. The van der Waals surface area contributed by atoms with Crippen LogP contribution in [0.5, 0.6) is 0 Å². The fraction of sp³-hybridized carbons (Fsp3) is 1.00. The van der Waals surface area contributed by atoms with Crippen molar-refractivity contribution >= 4 is 18.0 Å². The standard InChI is InChI=1S/C2H8O3S.B/c1-6(2,3,4)5;/h1-2H3,(H2,3,4,5);. The smallest absolute Gasteiger partial charge is 0.0770 e. The molecular formula is C2H8BO3S. The van der Waals surface area contributed by atoms with Gasteiger partial charge >= 0.3 is 0 Å². The summed E-state index contributed by atoms with van der Waals surface area (Å²) < 4.78 is 26.1. The van der Waals surface area contributed by atoms with Crippen LogP contribution in [0.1, 0.15) is 0 Å². The van der Waals surface area contributed by atoms with Gasteiger partial charge in [0.05, 0.1) is 9.63 Å².